The number of aliphatic hydroxyl groups is 1. The number of benzene rings is 2. The Bertz CT molecular complexity index is 720. The fraction of sp³-hybridized carbons (Fsp3) is 0.235. The van der Waals surface area contributed by atoms with E-state index in [9.17, 15) is 18.7 Å². The van der Waals surface area contributed by atoms with Crippen LogP contribution in [0.3, 0.4) is 0 Å². The number of rotatable bonds is 4. The summed E-state index contributed by atoms with van der Waals surface area (Å²) < 4.78 is 26.0. The maximum atomic E-state index is 13.1. The van der Waals surface area contributed by atoms with Gasteiger partial charge in [-0.25, -0.2) is 13.6 Å². The molecule has 0 aliphatic rings. The number of carbonyl (C=O) groups is 1. The normalized spacial score (nSPS) is 11.9. The number of amides is 2. The molecular formula is C17H18F2N2O2. The van der Waals surface area contributed by atoms with Gasteiger partial charge in [0.2, 0.25) is 0 Å². The van der Waals surface area contributed by atoms with Crippen LogP contribution in [-0.4, -0.2) is 17.7 Å². The number of carbonyl (C=O) groups excluding carboxylic acids is 1. The zero-order valence-electron chi connectivity index (χ0n) is 12.9. The second-order valence-electron chi connectivity index (χ2n) is 5.34. The van der Waals surface area contributed by atoms with Crippen molar-refractivity contribution in [2.24, 2.45) is 0 Å². The SMILES string of the molecule is Cc1ccc(NC(=O)NCC(O)c2ccc(F)c(F)c2)c(C)c1. The van der Waals surface area contributed by atoms with Crippen LogP contribution in [0.1, 0.15) is 22.8 Å². The lowest BCUT2D eigenvalue weighted by Crippen LogP contribution is -2.32. The van der Waals surface area contributed by atoms with Gasteiger partial charge in [0, 0.05) is 12.2 Å². The summed E-state index contributed by atoms with van der Waals surface area (Å²) in [7, 11) is 0. The fourth-order valence-electron chi connectivity index (χ4n) is 2.15. The average Bonchev–Trinajstić information content (AvgIpc) is 2.50. The van der Waals surface area contributed by atoms with Crippen molar-refractivity contribution in [3.05, 3.63) is 64.7 Å². The van der Waals surface area contributed by atoms with Crippen molar-refractivity contribution in [1.82, 2.24) is 5.32 Å². The first kappa shape index (κ1) is 16.9. The Morgan fingerprint density at radius 3 is 2.52 bits per heavy atom. The van der Waals surface area contributed by atoms with Crippen LogP contribution >= 0.6 is 0 Å². The van der Waals surface area contributed by atoms with Crippen LogP contribution in [0.4, 0.5) is 19.3 Å². The lowest BCUT2D eigenvalue weighted by Gasteiger charge is -2.14. The molecule has 0 aromatic heterocycles. The first-order valence-corrected chi connectivity index (χ1v) is 7.12. The van der Waals surface area contributed by atoms with Crippen molar-refractivity contribution < 1.29 is 18.7 Å². The van der Waals surface area contributed by atoms with Crippen molar-refractivity contribution in [2.45, 2.75) is 20.0 Å². The molecule has 1 atom stereocenters. The number of halogens is 2. The first-order chi connectivity index (χ1) is 10.9. The van der Waals surface area contributed by atoms with Crippen LogP contribution in [0.5, 0.6) is 0 Å². The second kappa shape index (κ2) is 7.19. The van der Waals surface area contributed by atoms with E-state index >= 15 is 0 Å². The Kier molecular flexibility index (Phi) is 5.28. The summed E-state index contributed by atoms with van der Waals surface area (Å²) in [5.74, 6) is -2.03. The highest BCUT2D eigenvalue weighted by atomic mass is 19.2. The van der Waals surface area contributed by atoms with E-state index in [4.69, 9.17) is 0 Å². The Labute approximate surface area is 133 Å². The van der Waals surface area contributed by atoms with Gasteiger partial charge in [0.1, 0.15) is 0 Å². The zero-order chi connectivity index (χ0) is 17.0. The van der Waals surface area contributed by atoms with Crippen LogP contribution in [0.25, 0.3) is 0 Å². The Morgan fingerprint density at radius 1 is 1.13 bits per heavy atom. The smallest absolute Gasteiger partial charge is 0.319 e. The van der Waals surface area contributed by atoms with E-state index < -0.39 is 23.8 Å². The number of anilines is 1. The highest BCUT2D eigenvalue weighted by molar-refractivity contribution is 5.90. The van der Waals surface area contributed by atoms with Gasteiger partial charge < -0.3 is 15.7 Å². The van der Waals surface area contributed by atoms with Crippen molar-refractivity contribution in [1.29, 1.82) is 0 Å². The standard InChI is InChI=1S/C17H18F2N2O2/c1-10-3-6-15(11(2)7-10)21-17(23)20-9-16(22)12-4-5-13(18)14(19)8-12/h3-8,16,22H,9H2,1-2H3,(H2,20,21,23). The molecule has 0 fully saturated rings. The van der Waals surface area contributed by atoms with Gasteiger partial charge in [0.05, 0.1) is 6.10 Å². The predicted molar refractivity (Wildman–Crippen MR) is 84.3 cm³/mol. The van der Waals surface area contributed by atoms with E-state index in [-0.39, 0.29) is 12.1 Å². The average molecular weight is 320 g/mol. The van der Waals surface area contributed by atoms with Crippen LogP contribution in [-0.2, 0) is 0 Å². The summed E-state index contributed by atoms with van der Waals surface area (Å²) in [6.07, 6.45) is -1.13. The van der Waals surface area contributed by atoms with Crippen LogP contribution in [0, 0.1) is 25.5 Å². The summed E-state index contributed by atoms with van der Waals surface area (Å²) >= 11 is 0. The molecule has 6 heteroatoms. The molecule has 2 amide bonds. The number of hydrogen-bond acceptors (Lipinski definition) is 2. The van der Waals surface area contributed by atoms with Gasteiger partial charge in [-0.1, -0.05) is 23.8 Å². The van der Waals surface area contributed by atoms with Gasteiger partial charge in [-0.15, -0.1) is 0 Å². The molecule has 0 radical (unpaired) electrons. The molecule has 0 saturated heterocycles. The highest BCUT2D eigenvalue weighted by Crippen LogP contribution is 2.17. The monoisotopic (exact) mass is 320 g/mol. The van der Waals surface area contributed by atoms with E-state index in [2.05, 4.69) is 10.6 Å². The van der Waals surface area contributed by atoms with Gasteiger partial charge in [-0.2, -0.15) is 0 Å². The molecule has 2 rings (SSSR count). The lowest BCUT2D eigenvalue weighted by atomic mass is 10.1. The Morgan fingerprint density at radius 2 is 1.87 bits per heavy atom. The summed E-state index contributed by atoms with van der Waals surface area (Å²) in [6, 6.07) is 8.22. The maximum absolute atomic E-state index is 13.1. The molecule has 23 heavy (non-hydrogen) atoms. The summed E-state index contributed by atoms with van der Waals surface area (Å²) in [6.45, 7) is 3.70. The van der Waals surface area contributed by atoms with Gasteiger partial charge >= 0.3 is 6.03 Å². The largest absolute Gasteiger partial charge is 0.387 e. The topological polar surface area (TPSA) is 61.4 Å². The highest BCUT2D eigenvalue weighted by Gasteiger charge is 2.12. The number of aryl methyl sites for hydroxylation is 2. The molecule has 2 aromatic carbocycles. The van der Waals surface area contributed by atoms with Crippen molar-refractivity contribution in [3.63, 3.8) is 0 Å². The Hall–Kier alpha value is -2.47. The third kappa shape index (κ3) is 4.50. The lowest BCUT2D eigenvalue weighted by molar-refractivity contribution is 0.174. The molecule has 0 aliphatic carbocycles. The van der Waals surface area contributed by atoms with E-state index in [0.29, 0.717) is 5.69 Å². The van der Waals surface area contributed by atoms with E-state index in [1.807, 2.05) is 26.0 Å². The van der Waals surface area contributed by atoms with Crippen LogP contribution in [0.15, 0.2) is 36.4 Å². The van der Waals surface area contributed by atoms with Crippen LogP contribution < -0.4 is 10.6 Å². The first-order valence-electron chi connectivity index (χ1n) is 7.12. The van der Waals surface area contributed by atoms with E-state index in [0.717, 1.165) is 23.3 Å². The van der Waals surface area contributed by atoms with Crippen molar-refractivity contribution >= 4 is 11.7 Å². The van der Waals surface area contributed by atoms with Gasteiger partial charge in [0.15, 0.2) is 11.6 Å². The number of aliphatic hydroxyl groups excluding tert-OH is 1. The fourth-order valence-corrected chi connectivity index (χ4v) is 2.15. The molecule has 0 saturated carbocycles. The molecule has 122 valence electrons. The third-order valence-corrected chi connectivity index (χ3v) is 3.41. The molecule has 0 heterocycles. The maximum Gasteiger partial charge on any atom is 0.319 e. The molecule has 2 aromatic rings. The minimum absolute atomic E-state index is 0.123. The summed E-state index contributed by atoms with van der Waals surface area (Å²) in [5, 5.41) is 15.1. The molecule has 1 unspecified atom stereocenters. The number of hydrogen-bond donors (Lipinski definition) is 3. The Balaban J connectivity index is 1.91. The summed E-state index contributed by atoms with van der Waals surface area (Å²) in [5.41, 5.74) is 2.86. The van der Waals surface area contributed by atoms with Crippen molar-refractivity contribution in [2.75, 3.05) is 11.9 Å². The van der Waals surface area contributed by atoms with Crippen LogP contribution in [0.2, 0.25) is 0 Å². The molecule has 4 nitrogen and oxygen atoms in total. The summed E-state index contributed by atoms with van der Waals surface area (Å²) in [4.78, 5) is 11.8. The molecule has 0 aliphatic heterocycles. The van der Waals surface area contributed by atoms with E-state index in [1.54, 1.807) is 6.07 Å². The van der Waals surface area contributed by atoms with Gasteiger partial charge in [0.25, 0.3) is 0 Å². The zero-order valence-corrected chi connectivity index (χ0v) is 12.9. The second-order valence-corrected chi connectivity index (χ2v) is 5.34. The number of urea groups is 1. The predicted octanol–water partition coefficient (Wildman–Crippen LogP) is 3.44. The minimum Gasteiger partial charge on any atom is -0.387 e. The number of nitrogens with one attached hydrogen (secondary N) is 2. The molecule has 3 N–H and O–H groups in total. The minimum atomic E-state index is -1.13. The van der Waals surface area contributed by atoms with Gasteiger partial charge in [-0.05, 0) is 43.2 Å². The quantitative estimate of drug-likeness (QED) is 0.808. The van der Waals surface area contributed by atoms with Crippen molar-refractivity contribution in [3.8, 4) is 0 Å². The van der Waals surface area contributed by atoms with Gasteiger partial charge in [-0.3, -0.25) is 0 Å². The molecule has 0 spiro atoms. The van der Waals surface area contributed by atoms with E-state index in [1.165, 1.54) is 6.07 Å². The molecular weight excluding hydrogens is 302 g/mol. The third-order valence-electron chi connectivity index (χ3n) is 3.41. The molecule has 0 bridgehead atoms.